The summed E-state index contributed by atoms with van der Waals surface area (Å²) in [4.78, 5) is 41.3. The predicted octanol–water partition coefficient (Wildman–Crippen LogP) is 5.08. The lowest BCUT2D eigenvalue weighted by molar-refractivity contribution is -0.137. The fourth-order valence-electron chi connectivity index (χ4n) is 5.64. The average Bonchev–Trinajstić information content (AvgIpc) is 3.67. The number of hydrogen-bond acceptors (Lipinski definition) is 5. The molecule has 3 heterocycles. The Morgan fingerprint density at radius 3 is 2.27 bits per heavy atom. The van der Waals surface area contributed by atoms with E-state index in [1.165, 1.54) is 12.1 Å². The van der Waals surface area contributed by atoms with E-state index >= 15 is 0 Å². The van der Waals surface area contributed by atoms with Gasteiger partial charge in [0.25, 0.3) is 11.8 Å². The van der Waals surface area contributed by atoms with E-state index in [0.29, 0.717) is 24.6 Å². The Balaban J connectivity index is 0.000000236. The Kier molecular flexibility index (Phi) is 10.4. The third-order valence-corrected chi connectivity index (χ3v) is 8.14. The van der Waals surface area contributed by atoms with Crippen molar-refractivity contribution in [2.45, 2.75) is 39.0 Å². The summed E-state index contributed by atoms with van der Waals surface area (Å²) in [5.74, 6) is -0.376. The monoisotopic (exact) mass is 658 g/mol. The number of alkyl halides is 3. The molecule has 3 amide bonds. The quantitative estimate of drug-likeness (QED) is 0.289. The van der Waals surface area contributed by atoms with E-state index in [4.69, 9.17) is 0 Å². The second-order valence-electron chi connectivity index (χ2n) is 11.6. The molecule has 1 aromatic heterocycles. The second kappa shape index (κ2) is 14.7. The molecule has 3 aromatic carbocycles. The van der Waals surface area contributed by atoms with Gasteiger partial charge in [-0.1, -0.05) is 60.7 Å². The minimum Gasteiger partial charge on any atom is -0.348 e. The van der Waals surface area contributed by atoms with Crippen LogP contribution in [0, 0.1) is 6.92 Å². The number of hydrogen-bond donors (Lipinski definition) is 2. The van der Waals surface area contributed by atoms with Gasteiger partial charge in [-0.15, -0.1) is 0 Å². The summed E-state index contributed by atoms with van der Waals surface area (Å²) in [5.41, 5.74) is 3.25. The molecule has 4 aromatic rings. The molecule has 48 heavy (non-hydrogen) atoms. The van der Waals surface area contributed by atoms with Crippen LogP contribution in [0.3, 0.4) is 0 Å². The third-order valence-electron chi connectivity index (χ3n) is 8.14. The van der Waals surface area contributed by atoms with Gasteiger partial charge in [-0.2, -0.15) is 18.3 Å². The van der Waals surface area contributed by atoms with E-state index in [1.54, 1.807) is 9.58 Å². The van der Waals surface area contributed by atoms with Gasteiger partial charge >= 0.3 is 6.18 Å². The number of benzene rings is 3. The number of halogens is 3. The summed E-state index contributed by atoms with van der Waals surface area (Å²) in [7, 11) is 2.01. The summed E-state index contributed by atoms with van der Waals surface area (Å²) in [6.07, 6.45) is -2.37. The maximum absolute atomic E-state index is 13.2. The van der Waals surface area contributed by atoms with Gasteiger partial charge in [-0.25, -0.2) is 4.68 Å². The molecule has 0 fully saturated rings. The maximum Gasteiger partial charge on any atom is 0.416 e. The number of anilines is 1. The molecular formula is C36H37F3N6O3. The molecule has 0 bridgehead atoms. The van der Waals surface area contributed by atoms with E-state index < -0.39 is 23.7 Å². The minimum absolute atomic E-state index is 0.0493. The van der Waals surface area contributed by atoms with Crippen LogP contribution in [0.1, 0.15) is 39.7 Å². The van der Waals surface area contributed by atoms with Gasteiger partial charge < -0.3 is 10.6 Å². The molecule has 250 valence electrons. The zero-order valence-electron chi connectivity index (χ0n) is 26.9. The van der Waals surface area contributed by atoms with Crippen LogP contribution in [-0.2, 0) is 28.7 Å². The third kappa shape index (κ3) is 7.83. The van der Waals surface area contributed by atoms with Crippen molar-refractivity contribution in [1.29, 1.82) is 0 Å². The predicted molar refractivity (Wildman–Crippen MR) is 177 cm³/mol. The number of carbonyl (C=O) groups is 3. The highest BCUT2D eigenvalue weighted by molar-refractivity contribution is 6.04. The Morgan fingerprint density at radius 2 is 1.65 bits per heavy atom. The molecule has 0 spiro atoms. The van der Waals surface area contributed by atoms with E-state index in [2.05, 4.69) is 20.6 Å². The lowest BCUT2D eigenvalue weighted by Crippen LogP contribution is -2.53. The first-order valence-electron chi connectivity index (χ1n) is 15.6. The molecule has 0 radical (unpaired) electrons. The fourth-order valence-corrected chi connectivity index (χ4v) is 5.64. The topological polar surface area (TPSA) is 99.6 Å². The summed E-state index contributed by atoms with van der Waals surface area (Å²) < 4.78 is 40.7. The molecule has 2 aliphatic rings. The minimum atomic E-state index is -4.56. The summed E-state index contributed by atoms with van der Waals surface area (Å²) in [6.45, 7) is 6.21. The average molecular weight is 659 g/mol. The molecular weight excluding hydrogens is 621 g/mol. The van der Waals surface area contributed by atoms with Gasteiger partial charge in [0.1, 0.15) is 11.9 Å². The molecule has 0 saturated carbocycles. The van der Waals surface area contributed by atoms with E-state index in [0.717, 1.165) is 47.6 Å². The summed E-state index contributed by atoms with van der Waals surface area (Å²) in [6, 6.07) is 22.6. The van der Waals surface area contributed by atoms with Gasteiger partial charge in [-0.3, -0.25) is 24.2 Å². The summed E-state index contributed by atoms with van der Waals surface area (Å²) >= 11 is 0. The smallest absolute Gasteiger partial charge is 0.348 e. The van der Waals surface area contributed by atoms with Gasteiger partial charge in [0.15, 0.2) is 0 Å². The molecule has 0 aliphatic carbocycles. The molecule has 9 nitrogen and oxygen atoms in total. The number of amides is 3. The number of aromatic nitrogens is 2. The molecule has 0 saturated heterocycles. The zero-order chi connectivity index (χ0) is 34.4. The molecule has 2 aliphatic heterocycles. The number of nitrogens with zero attached hydrogens (tertiary/aromatic N) is 4. The number of fused-ring (bicyclic) bond motifs is 1. The van der Waals surface area contributed by atoms with Crippen molar-refractivity contribution in [3.63, 3.8) is 0 Å². The molecule has 6 rings (SSSR count). The van der Waals surface area contributed by atoms with Crippen LogP contribution in [0.2, 0.25) is 0 Å². The van der Waals surface area contributed by atoms with Crippen molar-refractivity contribution in [1.82, 2.24) is 25.3 Å². The highest BCUT2D eigenvalue weighted by Crippen LogP contribution is 2.33. The fraction of sp³-hybridized carbons (Fsp3) is 0.278. The van der Waals surface area contributed by atoms with Crippen molar-refractivity contribution in [2.24, 2.45) is 0 Å². The second-order valence-corrected chi connectivity index (χ2v) is 11.6. The van der Waals surface area contributed by atoms with Gasteiger partial charge in [0.05, 0.1) is 16.9 Å². The van der Waals surface area contributed by atoms with Gasteiger partial charge in [0, 0.05) is 49.3 Å². The highest BCUT2D eigenvalue weighted by atomic mass is 19.4. The Bertz CT molecular complexity index is 1800. The van der Waals surface area contributed by atoms with Crippen LogP contribution < -0.4 is 15.5 Å². The number of nitrogens with one attached hydrogen (secondary N) is 2. The molecule has 1 atom stereocenters. The Labute approximate surface area is 277 Å². The molecule has 2 N–H and O–H groups in total. The highest BCUT2D eigenvalue weighted by Gasteiger charge is 2.38. The van der Waals surface area contributed by atoms with Crippen LogP contribution in [-0.4, -0.2) is 65.1 Å². The Morgan fingerprint density at radius 1 is 0.958 bits per heavy atom. The van der Waals surface area contributed by atoms with Crippen molar-refractivity contribution in [3.05, 3.63) is 125 Å². The number of likely N-dealkylation sites (N-methyl/N-ethyl adjacent to an activating group) is 2. The largest absolute Gasteiger partial charge is 0.416 e. The Hall–Kier alpha value is -5.23. The standard InChI is InChI=1S/C23H21F3N4O2.C13H16N2O/c1-3-29-21-18(14(2)28-30(21)17-10-5-4-6-11-17)13-19(22(29)32)27-20(31)15-8-7-9-16(12-15)23(24,25)26;1-15-8-7-12(10-15)13(16)14-9-11-5-3-2-4-6-11/h4-12,19H,3,13H2,1-2H3,(H,27,31);2-7H,8-10H2,1H3,(H,14,16). The van der Waals surface area contributed by atoms with Crippen molar-refractivity contribution < 1.29 is 27.6 Å². The SMILES string of the molecule is CCN1C(=O)C(NC(=O)c2cccc(C(F)(F)F)c2)Cc2c(C)nn(-c3ccccc3)c21.CN1CC=C(C(=O)NCc2ccccc2)C1. The van der Waals surface area contributed by atoms with E-state index in [-0.39, 0.29) is 23.8 Å². The maximum atomic E-state index is 13.2. The van der Waals surface area contributed by atoms with E-state index in [1.807, 2.05) is 87.6 Å². The molecule has 12 heteroatoms. The first-order chi connectivity index (χ1) is 23.0. The van der Waals surface area contributed by atoms with Crippen LogP contribution >= 0.6 is 0 Å². The number of para-hydroxylation sites is 1. The first kappa shape index (κ1) is 34.1. The van der Waals surface area contributed by atoms with Crippen LogP contribution in [0.4, 0.5) is 19.0 Å². The lowest BCUT2D eigenvalue weighted by atomic mass is 9.99. The van der Waals surface area contributed by atoms with Crippen molar-refractivity contribution >= 4 is 23.5 Å². The van der Waals surface area contributed by atoms with Gasteiger partial charge in [0.2, 0.25) is 5.91 Å². The van der Waals surface area contributed by atoms with Gasteiger partial charge in [-0.05, 0) is 56.8 Å². The molecule has 1 unspecified atom stereocenters. The summed E-state index contributed by atoms with van der Waals surface area (Å²) in [5, 5.41) is 10.1. The normalized spacial score (nSPS) is 16.0. The number of carbonyl (C=O) groups excluding carboxylic acids is 3. The van der Waals surface area contributed by atoms with Crippen LogP contribution in [0.5, 0.6) is 0 Å². The number of rotatable bonds is 7. The van der Waals surface area contributed by atoms with E-state index in [9.17, 15) is 27.6 Å². The van der Waals surface area contributed by atoms with Crippen LogP contribution in [0.25, 0.3) is 5.69 Å². The zero-order valence-corrected chi connectivity index (χ0v) is 26.9. The first-order valence-corrected chi connectivity index (χ1v) is 15.6. The number of aryl methyl sites for hydroxylation is 1. The van der Waals surface area contributed by atoms with Crippen LogP contribution in [0.15, 0.2) is 96.6 Å². The van der Waals surface area contributed by atoms with Crippen molar-refractivity contribution in [2.75, 3.05) is 31.6 Å². The lowest BCUT2D eigenvalue weighted by Gasteiger charge is -2.32. The van der Waals surface area contributed by atoms with Crippen molar-refractivity contribution in [3.8, 4) is 5.69 Å².